The smallest absolute Gasteiger partial charge is 0.242 e. The van der Waals surface area contributed by atoms with Crippen LogP contribution in [-0.2, 0) is 4.79 Å². The number of carbonyl (C=O) groups is 1. The quantitative estimate of drug-likeness (QED) is 0.911. The van der Waals surface area contributed by atoms with E-state index in [0.29, 0.717) is 13.1 Å². The maximum atomic E-state index is 12.6. The van der Waals surface area contributed by atoms with E-state index in [2.05, 4.69) is 35.6 Å². The third kappa shape index (κ3) is 3.17. The molecule has 0 aliphatic carbocycles. The van der Waals surface area contributed by atoms with Crippen molar-refractivity contribution < 1.29 is 9.90 Å². The molecule has 0 bridgehead atoms. The molecule has 3 rings (SSSR count). The summed E-state index contributed by atoms with van der Waals surface area (Å²) < 4.78 is 0. The second-order valence-corrected chi connectivity index (χ2v) is 7.20. The minimum Gasteiger partial charge on any atom is -0.391 e. The highest BCUT2D eigenvalue weighted by atomic mass is 16.3. The third-order valence-corrected chi connectivity index (χ3v) is 5.23. The first kappa shape index (κ1) is 16.9. The van der Waals surface area contributed by atoms with Gasteiger partial charge in [-0.05, 0) is 43.7 Å². The van der Waals surface area contributed by atoms with Crippen LogP contribution in [0.15, 0.2) is 42.5 Å². The molecule has 0 unspecified atom stereocenters. The number of nitrogens with zero attached hydrogens (tertiary/aromatic N) is 1. The molecule has 1 heterocycles. The third-order valence-electron chi connectivity index (χ3n) is 5.23. The average molecular weight is 326 g/mol. The fourth-order valence-electron chi connectivity index (χ4n) is 3.45. The number of benzene rings is 2. The minimum atomic E-state index is -0.602. The van der Waals surface area contributed by atoms with Crippen LogP contribution in [0, 0.1) is 0 Å². The molecule has 4 nitrogen and oxygen atoms in total. The summed E-state index contributed by atoms with van der Waals surface area (Å²) in [5.74, 6) is 0.123. The van der Waals surface area contributed by atoms with Crippen molar-refractivity contribution >= 4 is 16.7 Å². The van der Waals surface area contributed by atoms with Crippen molar-refractivity contribution in [3.05, 3.63) is 48.0 Å². The Hall–Kier alpha value is -1.91. The normalized spacial score (nSPS) is 21.9. The molecule has 128 valence electrons. The number of piperidine rings is 1. The van der Waals surface area contributed by atoms with Gasteiger partial charge < -0.3 is 15.3 Å². The summed E-state index contributed by atoms with van der Waals surface area (Å²) in [6.07, 6.45) is 0.252. The standard InChI is InChI=1S/C20H26N2O2/c1-20(2,21-3)19(24)22-11-10-17(18(23)13-22)16-9-8-14-6-4-5-7-15(14)12-16/h4-9,12,17-18,21,23H,10-11,13H2,1-3H3/t17-,18+/m1/s1. The van der Waals surface area contributed by atoms with Gasteiger partial charge in [0, 0.05) is 19.0 Å². The first-order chi connectivity index (χ1) is 11.4. The summed E-state index contributed by atoms with van der Waals surface area (Å²) in [4.78, 5) is 14.3. The van der Waals surface area contributed by atoms with Gasteiger partial charge in [-0.2, -0.15) is 0 Å². The number of carbonyl (C=O) groups excluding carboxylic acids is 1. The highest BCUT2D eigenvalue weighted by Crippen LogP contribution is 2.31. The zero-order valence-corrected chi connectivity index (χ0v) is 14.6. The number of aliphatic hydroxyl groups excluding tert-OH is 1. The molecule has 0 aromatic heterocycles. The molecule has 0 spiro atoms. The predicted octanol–water partition coefficient (Wildman–Crippen LogP) is 2.51. The lowest BCUT2D eigenvalue weighted by molar-refractivity contribution is -0.140. The molecule has 2 aromatic rings. The zero-order valence-electron chi connectivity index (χ0n) is 14.6. The number of hydrogen-bond acceptors (Lipinski definition) is 3. The van der Waals surface area contributed by atoms with Gasteiger partial charge in [0.25, 0.3) is 0 Å². The minimum absolute atomic E-state index is 0.0426. The number of aliphatic hydroxyl groups is 1. The van der Waals surface area contributed by atoms with Gasteiger partial charge in [0.1, 0.15) is 0 Å². The first-order valence-electron chi connectivity index (χ1n) is 8.57. The Kier molecular flexibility index (Phi) is 4.61. The summed E-state index contributed by atoms with van der Waals surface area (Å²) in [5, 5.41) is 16.1. The number of likely N-dealkylation sites (tertiary alicyclic amines) is 1. The van der Waals surface area contributed by atoms with Crippen LogP contribution < -0.4 is 5.32 Å². The summed E-state index contributed by atoms with van der Waals surface area (Å²) in [6, 6.07) is 14.6. The lowest BCUT2D eigenvalue weighted by atomic mass is 9.85. The summed E-state index contributed by atoms with van der Waals surface area (Å²) in [5.41, 5.74) is 0.552. The molecular weight excluding hydrogens is 300 g/mol. The Morgan fingerprint density at radius 3 is 2.58 bits per heavy atom. The molecule has 1 aliphatic heterocycles. The lowest BCUT2D eigenvalue weighted by Crippen LogP contribution is -2.56. The van der Waals surface area contributed by atoms with Crippen molar-refractivity contribution in [3.8, 4) is 0 Å². The maximum Gasteiger partial charge on any atom is 0.242 e. The number of hydrogen-bond donors (Lipinski definition) is 2. The lowest BCUT2D eigenvalue weighted by Gasteiger charge is -2.39. The van der Waals surface area contributed by atoms with Crippen molar-refractivity contribution in [2.45, 2.75) is 37.8 Å². The van der Waals surface area contributed by atoms with Crippen LogP contribution in [0.1, 0.15) is 31.7 Å². The van der Waals surface area contributed by atoms with Gasteiger partial charge in [-0.25, -0.2) is 0 Å². The van der Waals surface area contributed by atoms with Crippen molar-refractivity contribution in [1.29, 1.82) is 0 Å². The Morgan fingerprint density at radius 1 is 1.21 bits per heavy atom. The van der Waals surface area contributed by atoms with Crippen molar-refractivity contribution in [3.63, 3.8) is 0 Å². The molecule has 24 heavy (non-hydrogen) atoms. The summed E-state index contributed by atoms with van der Waals surface area (Å²) in [7, 11) is 1.79. The average Bonchev–Trinajstić information content (AvgIpc) is 2.60. The van der Waals surface area contributed by atoms with Gasteiger partial charge in [0.15, 0.2) is 0 Å². The number of likely N-dealkylation sites (N-methyl/N-ethyl adjacent to an activating group) is 1. The second kappa shape index (κ2) is 6.54. The van der Waals surface area contributed by atoms with Gasteiger partial charge in [0.2, 0.25) is 5.91 Å². The highest BCUT2D eigenvalue weighted by molar-refractivity contribution is 5.86. The number of amides is 1. The van der Waals surface area contributed by atoms with E-state index in [9.17, 15) is 9.90 Å². The number of nitrogens with one attached hydrogen (secondary N) is 1. The van der Waals surface area contributed by atoms with Crippen LogP contribution in [0.3, 0.4) is 0 Å². The van der Waals surface area contributed by atoms with Gasteiger partial charge in [-0.15, -0.1) is 0 Å². The van der Waals surface area contributed by atoms with Crippen LogP contribution in [-0.4, -0.2) is 47.7 Å². The van der Waals surface area contributed by atoms with Gasteiger partial charge in [-0.1, -0.05) is 42.5 Å². The van der Waals surface area contributed by atoms with E-state index in [1.807, 2.05) is 26.0 Å². The maximum absolute atomic E-state index is 12.6. The van der Waals surface area contributed by atoms with Crippen LogP contribution in [0.4, 0.5) is 0 Å². The largest absolute Gasteiger partial charge is 0.391 e. The molecular formula is C20H26N2O2. The van der Waals surface area contributed by atoms with E-state index in [4.69, 9.17) is 0 Å². The van der Waals surface area contributed by atoms with Crippen molar-refractivity contribution in [1.82, 2.24) is 10.2 Å². The van der Waals surface area contributed by atoms with Crippen molar-refractivity contribution in [2.75, 3.05) is 20.1 Å². The molecule has 0 saturated carbocycles. The second-order valence-electron chi connectivity index (χ2n) is 7.20. The number of β-amino-alcohol motifs (C(OH)–C–C–N with tert-alkyl or cyclic N) is 1. The Bertz CT molecular complexity index is 741. The van der Waals surface area contributed by atoms with Crippen LogP contribution in [0.5, 0.6) is 0 Å². The Balaban J connectivity index is 1.76. The van der Waals surface area contributed by atoms with E-state index in [1.54, 1.807) is 11.9 Å². The van der Waals surface area contributed by atoms with E-state index in [-0.39, 0.29) is 11.8 Å². The van der Waals surface area contributed by atoms with Crippen molar-refractivity contribution in [2.24, 2.45) is 0 Å². The summed E-state index contributed by atoms with van der Waals surface area (Å²) in [6.45, 7) is 4.81. The molecule has 4 heteroatoms. The Labute approximate surface area is 143 Å². The van der Waals surface area contributed by atoms with E-state index in [1.165, 1.54) is 10.8 Å². The number of rotatable bonds is 3. The monoisotopic (exact) mass is 326 g/mol. The Morgan fingerprint density at radius 2 is 1.92 bits per heavy atom. The zero-order chi connectivity index (χ0) is 17.3. The highest BCUT2D eigenvalue weighted by Gasteiger charge is 2.36. The van der Waals surface area contributed by atoms with Crippen LogP contribution >= 0.6 is 0 Å². The molecule has 0 radical (unpaired) electrons. The molecule has 1 saturated heterocycles. The molecule has 1 aliphatic rings. The molecule has 2 N–H and O–H groups in total. The van der Waals surface area contributed by atoms with Gasteiger partial charge in [0.05, 0.1) is 11.6 Å². The SMILES string of the molecule is CNC(C)(C)C(=O)N1CC[C@H](c2ccc3ccccc3c2)[C@@H](O)C1. The topological polar surface area (TPSA) is 52.6 Å². The fourth-order valence-corrected chi connectivity index (χ4v) is 3.45. The molecule has 1 fully saturated rings. The van der Waals surface area contributed by atoms with Crippen LogP contribution in [0.25, 0.3) is 10.8 Å². The van der Waals surface area contributed by atoms with E-state index < -0.39 is 11.6 Å². The van der Waals surface area contributed by atoms with E-state index in [0.717, 1.165) is 12.0 Å². The predicted molar refractivity (Wildman–Crippen MR) is 97.0 cm³/mol. The van der Waals surface area contributed by atoms with Gasteiger partial charge in [-0.3, -0.25) is 4.79 Å². The number of fused-ring (bicyclic) bond motifs is 1. The first-order valence-corrected chi connectivity index (χ1v) is 8.57. The summed E-state index contributed by atoms with van der Waals surface area (Å²) >= 11 is 0. The van der Waals surface area contributed by atoms with Crippen LogP contribution in [0.2, 0.25) is 0 Å². The van der Waals surface area contributed by atoms with Gasteiger partial charge >= 0.3 is 0 Å². The molecule has 2 atom stereocenters. The molecule has 1 amide bonds. The fraction of sp³-hybridized carbons (Fsp3) is 0.450. The molecule has 2 aromatic carbocycles. The van der Waals surface area contributed by atoms with E-state index >= 15 is 0 Å².